The molecule has 0 aliphatic carbocycles. The minimum Gasteiger partial charge on any atom is -0.443 e. The first-order valence-electron chi connectivity index (χ1n) is 6.24. The molecule has 0 saturated heterocycles. The number of aromatic nitrogens is 1. The van der Waals surface area contributed by atoms with Crippen LogP contribution in [-0.2, 0) is 4.74 Å². The van der Waals surface area contributed by atoms with Gasteiger partial charge in [-0.15, -0.1) is 0 Å². The Morgan fingerprint density at radius 2 is 1.90 bits per heavy atom. The van der Waals surface area contributed by atoms with E-state index in [0.29, 0.717) is 20.2 Å². The van der Waals surface area contributed by atoms with Crippen LogP contribution >= 0.6 is 31.9 Å². The molecule has 0 aliphatic heterocycles. The highest BCUT2D eigenvalue weighted by Gasteiger charge is 2.21. The molecule has 6 heteroatoms. The van der Waals surface area contributed by atoms with Crippen LogP contribution in [0.5, 0.6) is 0 Å². The normalized spacial score (nSPS) is 11.5. The summed E-state index contributed by atoms with van der Waals surface area (Å²) in [6.07, 6.45) is 1.09. The fourth-order valence-corrected chi connectivity index (χ4v) is 2.44. The number of carbonyl (C=O) groups excluding carboxylic acids is 1. The first-order chi connectivity index (χ1) is 9.67. The molecular formula is C15H14Br2FNO2. The smallest absolute Gasteiger partial charge is 0.419 e. The minimum atomic E-state index is -0.601. The summed E-state index contributed by atoms with van der Waals surface area (Å²) in [5.41, 5.74) is 0.547. The van der Waals surface area contributed by atoms with Crippen molar-refractivity contribution in [1.29, 1.82) is 0 Å². The number of rotatable bonds is 1. The van der Waals surface area contributed by atoms with Crippen LogP contribution in [0.25, 0.3) is 11.3 Å². The molecule has 1 aromatic carbocycles. The second-order valence-electron chi connectivity index (χ2n) is 5.52. The van der Waals surface area contributed by atoms with Crippen molar-refractivity contribution < 1.29 is 13.9 Å². The first kappa shape index (κ1) is 16.2. The molecule has 0 spiro atoms. The summed E-state index contributed by atoms with van der Waals surface area (Å²) >= 11 is 6.44. The maximum absolute atomic E-state index is 13.7. The zero-order valence-electron chi connectivity index (χ0n) is 11.8. The van der Waals surface area contributed by atoms with E-state index in [0.717, 1.165) is 0 Å². The van der Waals surface area contributed by atoms with Gasteiger partial charge in [-0.2, -0.15) is 0 Å². The molecule has 0 saturated carbocycles. The largest absolute Gasteiger partial charge is 0.443 e. The van der Waals surface area contributed by atoms with Gasteiger partial charge in [-0.05, 0) is 70.8 Å². The lowest BCUT2D eigenvalue weighted by Crippen LogP contribution is -2.27. The molecule has 0 bridgehead atoms. The molecule has 1 heterocycles. The highest BCUT2D eigenvalue weighted by Crippen LogP contribution is 2.29. The Morgan fingerprint density at radius 1 is 1.24 bits per heavy atom. The lowest BCUT2D eigenvalue weighted by molar-refractivity contribution is 0.0540. The van der Waals surface area contributed by atoms with Crippen LogP contribution in [0.4, 0.5) is 9.18 Å². The molecule has 112 valence electrons. The Morgan fingerprint density at radius 3 is 2.48 bits per heavy atom. The van der Waals surface area contributed by atoms with Crippen LogP contribution in [0.2, 0.25) is 0 Å². The zero-order chi connectivity index (χ0) is 15.8. The van der Waals surface area contributed by atoms with Gasteiger partial charge in [-0.1, -0.05) is 6.07 Å². The van der Waals surface area contributed by atoms with Gasteiger partial charge in [0.1, 0.15) is 11.4 Å². The Bertz CT molecular complexity index is 689. The molecule has 0 atom stereocenters. The molecular weight excluding hydrogens is 405 g/mol. The van der Waals surface area contributed by atoms with Crippen LogP contribution in [0.15, 0.2) is 39.4 Å². The molecule has 0 N–H and O–H groups in total. The number of nitrogens with zero attached hydrogens (tertiary/aromatic N) is 1. The van der Waals surface area contributed by atoms with Gasteiger partial charge in [0, 0.05) is 16.2 Å². The second-order valence-corrected chi connectivity index (χ2v) is 7.29. The summed E-state index contributed by atoms with van der Waals surface area (Å²) < 4.78 is 21.5. The van der Waals surface area contributed by atoms with Crippen molar-refractivity contribution in [3.05, 3.63) is 45.2 Å². The van der Waals surface area contributed by atoms with E-state index in [1.807, 2.05) is 0 Å². The summed E-state index contributed by atoms with van der Waals surface area (Å²) in [4.78, 5) is 12.2. The Labute approximate surface area is 139 Å². The molecule has 0 fully saturated rings. The van der Waals surface area contributed by atoms with E-state index in [4.69, 9.17) is 4.74 Å². The van der Waals surface area contributed by atoms with Gasteiger partial charge in [0.05, 0.1) is 10.2 Å². The van der Waals surface area contributed by atoms with Gasteiger partial charge in [0.25, 0.3) is 0 Å². The Balaban J connectivity index is 2.45. The van der Waals surface area contributed by atoms with Gasteiger partial charge >= 0.3 is 6.09 Å². The highest BCUT2D eigenvalue weighted by atomic mass is 79.9. The summed E-state index contributed by atoms with van der Waals surface area (Å²) in [6, 6.07) is 6.44. The van der Waals surface area contributed by atoms with Crippen molar-refractivity contribution in [2.75, 3.05) is 0 Å². The van der Waals surface area contributed by atoms with Gasteiger partial charge in [-0.25, -0.2) is 9.18 Å². The molecule has 2 aromatic rings. The maximum Gasteiger partial charge on any atom is 0.419 e. The fraction of sp³-hybridized carbons (Fsp3) is 0.267. The van der Waals surface area contributed by atoms with Crippen LogP contribution in [0.3, 0.4) is 0 Å². The predicted octanol–water partition coefficient (Wildman–Crippen LogP) is 5.60. The minimum absolute atomic E-state index is 0.376. The zero-order valence-corrected chi connectivity index (χ0v) is 15.0. The second kappa shape index (κ2) is 5.93. The molecule has 1 aromatic heterocycles. The first-order valence-corrected chi connectivity index (χ1v) is 7.82. The van der Waals surface area contributed by atoms with Gasteiger partial charge in [0.15, 0.2) is 0 Å². The number of hydrogen-bond donors (Lipinski definition) is 0. The van der Waals surface area contributed by atoms with E-state index in [9.17, 15) is 9.18 Å². The van der Waals surface area contributed by atoms with Crippen molar-refractivity contribution >= 4 is 38.0 Å². The number of ether oxygens (including phenoxy) is 1. The third-order valence-electron chi connectivity index (χ3n) is 2.59. The van der Waals surface area contributed by atoms with E-state index in [2.05, 4.69) is 31.9 Å². The average Bonchev–Trinajstić information content (AvgIpc) is 2.73. The molecule has 3 nitrogen and oxygen atoms in total. The molecule has 0 radical (unpaired) electrons. The Hall–Kier alpha value is -1.14. The van der Waals surface area contributed by atoms with Crippen LogP contribution < -0.4 is 0 Å². The van der Waals surface area contributed by atoms with Crippen LogP contribution in [0.1, 0.15) is 20.8 Å². The van der Waals surface area contributed by atoms with E-state index in [1.54, 1.807) is 45.2 Å². The van der Waals surface area contributed by atoms with Crippen molar-refractivity contribution in [2.24, 2.45) is 0 Å². The summed E-state index contributed by atoms with van der Waals surface area (Å²) in [7, 11) is 0. The quantitative estimate of drug-likeness (QED) is 0.603. The SMILES string of the molecule is CC(C)(C)OC(=O)n1cc(Br)cc1-c1ccc(Br)c(F)c1. The van der Waals surface area contributed by atoms with E-state index in [-0.39, 0.29) is 5.82 Å². The lowest BCUT2D eigenvalue weighted by atomic mass is 10.1. The number of halogens is 3. The summed E-state index contributed by atoms with van der Waals surface area (Å²) in [5, 5.41) is 0. The fourth-order valence-electron chi connectivity index (χ4n) is 1.77. The third-order valence-corrected chi connectivity index (χ3v) is 3.67. The number of hydrogen-bond acceptors (Lipinski definition) is 2. The molecule has 0 unspecified atom stereocenters. The van der Waals surface area contributed by atoms with Crippen LogP contribution in [-0.4, -0.2) is 16.3 Å². The van der Waals surface area contributed by atoms with E-state index in [1.165, 1.54) is 10.6 Å². The van der Waals surface area contributed by atoms with E-state index < -0.39 is 11.7 Å². The molecule has 2 rings (SSSR count). The number of benzene rings is 1. The predicted molar refractivity (Wildman–Crippen MR) is 86.9 cm³/mol. The standard InChI is InChI=1S/C15H14Br2FNO2/c1-15(2,3)21-14(20)19-8-10(16)7-13(19)9-4-5-11(17)12(18)6-9/h4-8H,1-3H3. The molecule has 0 aliphatic rings. The van der Waals surface area contributed by atoms with Crippen LogP contribution in [0, 0.1) is 5.82 Å². The van der Waals surface area contributed by atoms with Crippen molar-refractivity contribution in [3.63, 3.8) is 0 Å². The van der Waals surface area contributed by atoms with Gasteiger partial charge in [-0.3, -0.25) is 4.57 Å². The monoisotopic (exact) mass is 417 g/mol. The van der Waals surface area contributed by atoms with Crippen molar-refractivity contribution in [2.45, 2.75) is 26.4 Å². The maximum atomic E-state index is 13.7. The van der Waals surface area contributed by atoms with E-state index >= 15 is 0 Å². The number of carbonyl (C=O) groups is 1. The summed E-state index contributed by atoms with van der Waals surface area (Å²) in [6.45, 7) is 5.38. The van der Waals surface area contributed by atoms with Gasteiger partial charge in [0.2, 0.25) is 0 Å². The lowest BCUT2D eigenvalue weighted by Gasteiger charge is -2.20. The summed E-state index contributed by atoms with van der Waals surface area (Å²) in [5.74, 6) is -0.388. The van der Waals surface area contributed by atoms with Crippen molar-refractivity contribution in [3.8, 4) is 11.3 Å². The molecule has 21 heavy (non-hydrogen) atoms. The van der Waals surface area contributed by atoms with Crippen molar-refractivity contribution in [1.82, 2.24) is 4.57 Å². The average molecular weight is 419 g/mol. The topological polar surface area (TPSA) is 31.2 Å². The highest BCUT2D eigenvalue weighted by molar-refractivity contribution is 9.10. The molecule has 0 amide bonds. The van der Waals surface area contributed by atoms with Gasteiger partial charge < -0.3 is 4.74 Å². The Kier molecular flexibility index (Phi) is 4.58. The third kappa shape index (κ3) is 3.95.